The molecule has 0 radical (unpaired) electrons. The van der Waals surface area contributed by atoms with Crippen LogP contribution in [-0.2, 0) is 0 Å². The van der Waals surface area contributed by atoms with E-state index >= 15 is 0 Å². The van der Waals surface area contributed by atoms with Gasteiger partial charge in [-0.1, -0.05) is 52.9 Å². The Balaban J connectivity index is 2.23. The van der Waals surface area contributed by atoms with Gasteiger partial charge in [0.05, 0.1) is 5.25 Å². The number of benzene rings is 1. The maximum Gasteiger partial charge on any atom is 0.174 e. The van der Waals surface area contributed by atoms with Crippen LogP contribution in [0.5, 0.6) is 0 Å². The average molecular weight is 279 g/mol. The number of hydrogen-bond acceptors (Lipinski definition) is 5. The molecule has 2 N–H and O–H groups in total. The molecule has 5 heteroatoms. The van der Waals surface area contributed by atoms with Crippen molar-refractivity contribution in [2.75, 3.05) is 0 Å². The zero-order valence-corrected chi connectivity index (χ0v) is 12.4. The van der Waals surface area contributed by atoms with Crippen LogP contribution in [0.1, 0.15) is 28.3 Å². The Hall–Kier alpha value is -0.910. The van der Waals surface area contributed by atoms with Gasteiger partial charge in [-0.2, -0.15) is 0 Å². The molecule has 0 saturated heterocycles. The molecule has 0 aliphatic heterocycles. The van der Waals surface area contributed by atoms with Crippen molar-refractivity contribution in [2.24, 2.45) is 5.73 Å². The maximum absolute atomic E-state index is 6.11. The molecule has 0 saturated carbocycles. The van der Waals surface area contributed by atoms with Gasteiger partial charge in [0.25, 0.3) is 0 Å². The SMILES string of the molecule is Cc1cccc(C(Sc2nnc(C)s2)C(C)N)c1. The summed E-state index contributed by atoms with van der Waals surface area (Å²) in [4.78, 5) is 0. The molecule has 18 heavy (non-hydrogen) atoms. The molecule has 3 nitrogen and oxygen atoms in total. The van der Waals surface area contributed by atoms with E-state index in [0.29, 0.717) is 0 Å². The maximum atomic E-state index is 6.11. The lowest BCUT2D eigenvalue weighted by molar-refractivity contribution is 0.720. The first-order valence-corrected chi connectivity index (χ1v) is 7.55. The Morgan fingerprint density at radius 1 is 1.28 bits per heavy atom. The third-order valence-corrected chi connectivity index (χ3v) is 4.99. The molecule has 2 atom stereocenters. The second kappa shape index (κ2) is 5.82. The largest absolute Gasteiger partial charge is 0.327 e. The van der Waals surface area contributed by atoms with Crippen molar-refractivity contribution in [3.8, 4) is 0 Å². The molecule has 96 valence electrons. The van der Waals surface area contributed by atoms with Gasteiger partial charge in [0.2, 0.25) is 0 Å². The zero-order valence-electron chi connectivity index (χ0n) is 10.8. The van der Waals surface area contributed by atoms with Gasteiger partial charge in [-0.3, -0.25) is 0 Å². The number of nitrogens with two attached hydrogens (primary N) is 1. The first-order valence-electron chi connectivity index (χ1n) is 5.85. The number of aromatic nitrogens is 2. The normalized spacial score (nSPS) is 14.4. The number of aryl methyl sites for hydroxylation is 2. The lowest BCUT2D eigenvalue weighted by atomic mass is 10.0. The fourth-order valence-corrected chi connectivity index (χ4v) is 3.84. The molecular weight excluding hydrogens is 262 g/mol. The van der Waals surface area contributed by atoms with E-state index in [0.717, 1.165) is 9.35 Å². The van der Waals surface area contributed by atoms with Gasteiger partial charge in [0.1, 0.15) is 5.01 Å². The van der Waals surface area contributed by atoms with Crippen LogP contribution in [0.25, 0.3) is 0 Å². The van der Waals surface area contributed by atoms with Gasteiger partial charge in [-0.25, -0.2) is 0 Å². The van der Waals surface area contributed by atoms with Crippen LogP contribution in [0.4, 0.5) is 0 Å². The fraction of sp³-hybridized carbons (Fsp3) is 0.385. The quantitative estimate of drug-likeness (QED) is 0.872. The Morgan fingerprint density at radius 2 is 2.06 bits per heavy atom. The smallest absolute Gasteiger partial charge is 0.174 e. The fourth-order valence-electron chi connectivity index (χ4n) is 1.76. The summed E-state index contributed by atoms with van der Waals surface area (Å²) in [6, 6.07) is 8.56. The predicted octanol–water partition coefficient (Wildman–Crippen LogP) is 3.34. The van der Waals surface area contributed by atoms with Gasteiger partial charge >= 0.3 is 0 Å². The minimum absolute atomic E-state index is 0.0704. The summed E-state index contributed by atoms with van der Waals surface area (Å²) < 4.78 is 0.983. The summed E-state index contributed by atoms with van der Waals surface area (Å²) >= 11 is 3.32. The molecule has 1 aromatic heterocycles. The van der Waals surface area contributed by atoms with Crippen molar-refractivity contribution in [1.29, 1.82) is 0 Å². The van der Waals surface area contributed by atoms with Crippen LogP contribution in [-0.4, -0.2) is 16.2 Å². The Morgan fingerprint density at radius 3 is 2.61 bits per heavy atom. The number of hydrogen-bond donors (Lipinski definition) is 1. The predicted molar refractivity (Wildman–Crippen MR) is 78.1 cm³/mol. The molecule has 0 fully saturated rings. The van der Waals surface area contributed by atoms with E-state index < -0.39 is 0 Å². The van der Waals surface area contributed by atoms with Crippen molar-refractivity contribution in [2.45, 2.75) is 36.4 Å². The molecule has 1 aromatic carbocycles. The van der Waals surface area contributed by atoms with Crippen LogP contribution in [0, 0.1) is 13.8 Å². The third kappa shape index (κ3) is 3.31. The van der Waals surface area contributed by atoms with E-state index in [-0.39, 0.29) is 11.3 Å². The average Bonchev–Trinajstić information content (AvgIpc) is 2.71. The van der Waals surface area contributed by atoms with E-state index in [1.54, 1.807) is 23.1 Å². The van der Waals surface area contributed by atoms with Crippen LogP contribution in [0.2, 0.25) is 0 Å². The first-order chi connectivity index (χ1) is 8.56. The van der Waals surface area contributed by atoms with Crippen LogP contribution < -0.4 is 5.73 Å². The molecule has 0 aliphatic carbocycles. The van der Waals surface area contributed by atoms with Gasteiger partial charge in [0, 0.05) is 6.04 Å². The van der Waals surface area contributed by atoms with Gasteiger partial charge in [0.15, 0.2) is 4.34 Å². The summed E-state index contributed by atoms with van der Waals surface area (Å²) in [6.07, 6.45) is 0. The van der Waals surface area contributed by atoms with Crippen molar-refractivity contribution in [3.05, 3.63) is 40.4 Å². The van der Waals surface area contributed by atoms with Crippen LogP contribution in [0.15, 0.2) is 28.6 Å². The molecule has 0 aliphatic rings. The van der Waals surface area contributed by atoms with Crippen molar-refractivity contribution < 1.29 is 0 Å². The zero-order chi connectivity index (χ0) is 13.1. The Labute approximate surface area is 116 Å². The highest BCUT2D eigenvalue weighted by Gasteiger charge is 2.19. The molecule has 1 heterocycles. The lowest BCUT2D eigenvalue weighted by Gasteiger charge is -2.19. The number of rotatable bonds is 4. The van der Waals surface area contributed by atoms with Crippen LogP contribution >= 0.6 is 23.1 Å². The highest BCUT2D eigenvalue weighted by molar-refractivity contribution is 8.01. The summed E-state index contributed by atoms with van der Waals surface area (Å²) in [7, 11) is 0. The van der Waals surface area contributed by atoms with Crippen molar-refractivity contribution in [1.82, 2.24) is 10.2 Å². The molecule has 0 amide bonds. The first kappa shape index (κ1) is 13.5. The number of nitrogens with zero attached hydrogens (tertiary/aromatic N) is 2. The summed E-state index contributed by atoms with van der Waals surface area (Å²) in [5.74, 6) is 0. The number of thioether (sulfide) groups is 1. The summed E-state index contributed by atoms with van der Waals surface area (Å²) in [5, 5.41) is 9.42. The molecule has 0 spiro atoms. The highest BCUT2D eigenvalue weighted by Crippen LogP contribution is 2.38. The van der Waals surface area contributed by atoms with E-state index in [1.807, 2.05) is 13.8 Å². The second-order valence-corrected chi connectivity index (χ2v) is 6.97. The summed E-state index contributed by atoms with van der Waals surface area (Å²) in [6.45, 7) is 6.10. The molecule has 2 unspecified atom stereocenters. The van der Waals surface area contributed by atoms with E-state index in [1.165, 1.54) is 11.1 Å². The van der Waals surface area contributed by atoms with Crippen molar-refractivity contribution in [3.63, 3.8) is 0 Å². The molecule has 2 aromatic rings. The second-order valence-electron chi connectivity index (χ2n) is 4.40. The Bertz CT molecular complexity index is 522. The van der Waals surface area contributed by atoms with Gasteiger partial charge in [-0.05, 0) is 26.3 Å². The standard InChI is InChI=1S/C13H17N3S2/c1-8-5-4-6-11(7-8)12(9(2)14)18-13-16-15-10(3)17-13/h4-7,9,12H,14H2,1-3H3. The third-order valence-electron chi connectivity index (χ3n) is 2.58. The molecule has 2 rings (SSSR count). The van der Waals surface area contributed by atoms with Crippen molar-refractivity contribution >= 4 is 23.1 Å². The minimum atomic E-state index is 0.0704. The van der Waals surface area contributed by atoms with Gasteiger partial charge in [-0.15, -0.1) is 10.2 Å². The molecular formula is C13H17N3S2. The van der Waals surface area contributed by atoms with E-state index in [4.69, 9.17) is 5.73 Å². The van der Waals surface area contributed by atoms with E-state index in [9.17, 15) is 0 Å². The summed E-state index contributed by atoms with van der Waals surface area (Å²) in [5.41, 5.74) is 8.62. The molecule has 0 bridgehead atoms. The topological polar surface area (TPSA) is 51.8 Å². The minimum Gasteiger partial charge on any atom is -0.327 e. The van der Waals surface area contributed by atoms with E-state index in [2.05, 4.69) is 41.4 Å². The van der Waals surface area contributed by atoms with Crippen LogP contribution in [0.3, 0.4) is 0 Å². The lowest BCUT2D eigenvalue weighted by Crippen LogP contribution is -2.22. The monoisotopic (exact) mass is 279 g/mol. The highest BCUT2D eigenvalue weighted by atomic mass is 32.2. The van der Waals surface area contributed by atoms with Gasteiger partial charge < -0.3 is 5.73 Å². The Kier molecular flexibility index (Phi) is 4.37.